The molecule has 2 N–H and O–H groups in total. The molecule has 0 fully saturated rings. The van der Waals surface area contributed by atoms with Gasteiger partial charge in [-0.3, -0.25) is 5.10 Å². The van der Waals surface area contributed by atoms with E-state index in [4.69, 9.17) is 4.74 Å². The fourth-order valence-corrected chi connectivity index (χ4v) is 2.46. The molecular weight excluding hydrogens is 264 g/mol. The molecule has 21 heavy (non-hydrogen) atoms. The first-order chi connectivity index (χ1) is 10.3. The molecule has 0 aliphatic heterocycles. The standard InChI is InChI=1S/C16H18N4O/c1-11(16-18-10-19-20-16)17-9-14-13-6-4-3-5-12(13)7-8-15(14)21-2/h3-8,10-11,17H,9H2,1-2H3,(H,18,19,20). The number of ether oxygens (including phenoxy) is 1. The van der Waals surface area contributed by atoms with Gasteiger partial charge in [-0.05, 0) is 23.8 Å². The lowest BCUT2D eigenvalue weighted by atomic mass is 10.0. The van der Waals surface area contributed by atoms with Gasteiger partial charge in [0.15, 0.2) is 0 Å². The van der Waals surface area contributed by atoms with Crippen molar-refractivity contribution < 1.29 is 4.74 Å². The van der Waals surface area contributed by atoms with Gasteiger partial charge >= 0.3 is 0 Å². The van der Waals surface area contributed by atoms with Gasteiger partial charge in [0.25, 0.3) is 0 Å². The van der Waals surface area contributed by atoms with E-state index in [1.165, 1.54) is 17.1 Å². The van der Waals surface area contributed by atoms with Crippen molar-refractivity contribution in [2.24, 2.45) is 0 Å². The number of H-pyrrole nitrogens is 1. The van der Waals surface area contributed by atoms with E-state index in [9.17, 15) is 0 Å². The lowest BCUT2D eigenvalue weighted by Gasteiger charge is -2.15. The first-order valence-corrected chi connectivity index (χ1v) is 6.93. The molecule has 0 amide bonds. The van der Waals surface area contributed by atoms with Crippen molar-refractivity contribution in [3.8, 4) is 5.75 Å². The lowest BCUT2D eigenvalue weighted by molar-refractivity contribution is 0.406. The van der Waals surface area contributed by atoms with Gasteiger partial charge in [0, 0.05) is 12.1 Å². The second-order valence-corrected chi connectivity index (χ2v) is 4.94. The number of nitrogens with one attached hydrogen (secondary N) is 2. The Morgan fingerprint density at radius 1 is 1.24 bits per heavy atom. The maximum atomic E-state index is 5.50. The van der Waals surface area contributed by atoms with Crippen molar-refractivity contribution in [3.63, 3.8) is 0 Å². The first-order valence-electron chi connectivity index (χ1n) is 6.93. The molecule has 0 bridgehead atoms. The van der Waals surface area contributed by atoms with E-state index < -0.39 is 0 Å². The van der Waals surface area contributed by atoms with Gasteiger partial charge in [0.1, 0.15) is 17.9 Å². The molecule has 0 spiro atoms. The van der Waals surface area contributed by atoms with Crippen LogP contribution in [0.2, 0.25) is 0 Å². The van der Waals surface area contributed by atoms with Crippen LogP contribution in [0.3, 0.4) is 0 Å². The maximum Gasteiger partial charge on any atom is 0.141 e. The van der Waals surface area contributed by atoms with Crippen molar-refractivity contribution in [1.29, 1.82) is 0 Å². The largest absolute Gasteiger partial charge is 0.496 e. The SMILES string of the molecule is COc1ccc2ccccc2c1CNC(C)c1ncn[nH]1. The first kappa shape index (κ1) is 13.6. The van der Waals surface area contributed by atoms with E-state index >= 15 is 0 Å². The van der Waals surface area contributed by atoms with Crippen molar-refractivity contribution in [1.82, 2.24) is 20.5 Å². The topological polar surface area (TPSA) is 62.8 Å². The number of fused-ring (bicyclic) bond motifs is 1. The van der Waals surface area contributed by atoms with Gasteiger partial charge in [0.05, 0.1) is 13.2 Å². The van der Waals surface area contributed by atoms with Crippen LogP contribution in [0, 0.1) is 0 Å². The smallest absolute Gasteiger partial charge is 0.141 e. The molecule has 3 aromatic rings. The number of rotatable bonds is 5. The third-order valence-corrected chi connectivity index (χ3v) is 3.65. The monoisotopic (exact) mass is 282 g/mol. The summed E-state index contributed by atoms with van der Waals surface area (Å²) in [6, 6.07) is 12.5. The summed E-state index contributed by atoms with van der Waals surface area (Å²) in [6.07, 6.45) is 1.52. The zero-order chi connectivity index (χ0) is 14.7. The Hall–Kier alpha value is -2.40. The fourth-order valence-electron chi connectivity index (χ4n) is 2.46. The number of hydrogen-bond acceptors (Lipinski definition) is 4. The van der Waals surface area contributed by atoms with Crippen LogP contribution in [0.25, 0.3) is 10.8 Å². The van der Waals surface area contributed by atoms with E-state index in [0.29, 0.717) is 6.54 Å². The molecule has 108 valence electrons. The van der Waals surface area contributed by atoms with E-state index in [0.717, 1.165) is 17.1 Å². The van der Waals surface area contributed by atoms with Crippen LogP contribution >= 0.6 is 0 Å². The molecule has 1 aromatic heterocycles. The summed E-state index contributed by atoms with van der Waals surface area (Å²) in [6.45, 7) is 2.75. The molecule has 3 rings (SSSR count). The highest BCUT2D eigenvalue weighted by Crippen LogP contribution is 2.28. The van der Waals surface area contributed by atoms with Crippen LogP contribution in [0.1, 0.15) is 24.4 Å². The Bertz CT molecular complexity index is 724. The van der Waals surface area contributed by atoms with Crippen molar-refractivity contribution in [3.05, 3.63) is 54.1 Å². The molecule has 5 heteroatoms. The van der Waals surface area contributed by atoms with Gasteiger partial charge < -0.3 is 10.1 Å². The van der Waals surface area contributed by atoms with E-state index in [1.807, 2.05) is 18.2 Å². The highest BCUT2D eigenvalue weighted by atomic mass is 16.5. The predicted molar refractivity (Wildman–Crippen MR) is 82.1 cm³/mol. The number of nitrogens with zero attached hydrogens (tertiary/aromatic N) is 2. The zero-order valence-corrected chi connectivity index (χ0v) is 12.1. The number of aromatic amines is 1. The molecule has 2 aromatic carbocycles. The summed E-state index contributed by atoms with van der Waals surface area (Å²) < 4.78 is 5.50. The van der Waals surface area contributed by atoms with Crippen molar-refractivity contribution >= 4 is 10.8 Å². The number of aromatic nitrogens is 3. The number of hydrogen-bond donors (Lipinski definition) is 2. The second-order valence-electron chi connectivity index (χ2n) is 4.94. The fraction of sp³-hybridized carbons (Fsp3) is 0.250. The summed E-state index contributed by atoms with van der Waals surface area (Å²) >= 11 is 0. The highest BCUT2D eigenvalue weighted by molar-refractivity contribution is 5.87. The molecule has 0 saturated carbocycles. The van der Waals surface area contributed by atoms with Gasteiger partial charge in [-0.25, -0.2) is 4.98 Å². The molecule has 0 aliphatic carbocycles. The quantitative estimate of drug-likeness (QED) is 0.755. The van der Waals surface area contributed by atoms with E-state index in [2.05, 4.69) is 45.6 Å². The van der Waals surface area contributed by atoms with Gasteiger partial charge in [-0.2, -0.15) is 5.10 Å². The summed E-state index contributed by atoms with van der Waals surface area (Å²) in [5.74, 6) is 1.72. The van der Waals surface area contributed by atoms with Gasteiger partial charge in [-0.15, -0.1) is 0 Å². The van der Waals surface area contributed by atoms with E-state index in [1.54, 1.807) is 7.11 Å². The summed E-state index contributed by atoms with van der Waals surface area (Å²) in [5.41, 5.74) is 1.15. The Morgan fingerprint density at radius 3 is 2.86 bits per heavy atom. The predicted octanol–water partition coefficient (Wildman–Crippen LogP) is 2.82. The molecule has 0 radical (unpaired) electrons. The summed E-state index contributed by atoms with van der Waals surface area (Å²) in [7, 11) is 1.70. The minimum atomic E-state index is 0.0937. The van der Waals surface area contributed by atoms with Crippen LogP contribution in [-0.4, -0.2) is 22.3 Å². The van der Waals surface area contributed by atoms with Crippen LogP contribution in [-0.2, 0) is 6.54 Å². The Labute approximate surface area is 123 Å². The van der Waals surface area contributed by atoms with Crippen LogP contribution in [0.15, 0.2) is 42.7 Å². The van der Waals surface area contributed by atoms with E-state index in [-0.39, 0.29) is 6.04 Å². The average Bonchev–Trinajstić information content (AvgIpc) is 3.06. The third-order valence-electron chi connectivity index (χ3n) is 3.65. The molecule has 1 atom stereocenters. The minimum absolute atomic E-state index is 0.0937. The molecule has 0 saturated heterocycles. The number of methoxy groups -OCH3 is 1. The molecule has 5 nitrogen and oxygen atoms in total. The molecular formula is C16H18N4O. The van der Waals surface area contributed by atoms with Gasteiger partial charge in [0.2, 0.25) is 0 Å². The highest BCUT2D eigenvalue weighted by Gasteiger charge is 2.12. The molecule has 1 unspecified atom stereocenters. The number of benzene rings is 2. The summed E-state index contributed by atoms with van der Waals surface area (Å²) in [5, 5.41) is 12.6. The van der Waals surface area contributed by atoms with Gasteiger partial charge in [-0.1, -0.05) is 30.3 Å². The molecule has 1 heterocycles. The zero-order valence-electron chi connectivity index (χ0n) is 12.1. The second kappa shape index (κ2) is 5.93. The minimum Gasteiger partial charge on any atom is -0.496 e. The summed E-state index contributed by atoms with van der Waals surface area (Å²) in [4.78, 5) is 4.17. The maximum absolute atomic E-state index is 5.50. The van der Waals surface area contributed by atoms with Crippen LogP contribution in [0.4, 0.5) is 0 Å². The third kappa shape index (κ3) is 2.73. The normalized spacial score (nSPS) is 12.5. The lowest BCUT2D eigenvalue weighted by Crippen LogP contribution is -2.19. The Kier molecular flexibility index (Phi) is 3.83. The Balaban J connectivity index is 1.88. The van der Waals surface area contributed by atoms with Crippen molar-refractivity contribution in [2.75, 3.05) is 7.11 Å². The average molecular weight is 282 g/mol. The molecule has 0 aliphatic rings. The van der Waals surface area contributed by atoms with Crippen LogP contribution < -0.4 is 10.1 Å². The van der Waals surface area contributed by atoms with Crippen LogP contribution in [0.5, 0.6) is 5.75 Å². The van der Waals surface area contributed by atoms with Crippen molar-refractivity contribution in [2.45, 2.75) is 19.5 Å². The Morgan fingerprint density at radius 2 is 2.10 bits per heavy atom.